The highest BCUT2D eigenvalue weighted by molar-refractivity contribution is 7.84. The summed E-state index contributed by atoms with van der Waals surface area (Å²) in [6.45, 7) is 6.51. The quantitative estimate of drug-likeness (QED) is 0.744. The van der Waals surface area contributed by atoms with E-state index in [9.17, 15) is 9.00 Å². The van der Waals surface area contributed by atoms with Gasteiger partial charge in [-0.25, -0.2) is 4.98 Å². The van der Waals surface area contributed by atoms with E-state index in [0.29, 0.717) is 23.9 Å². The first-order valence-electron chi connectivity index (χ1n) is 8.14. The molecule has 0 aliphatic carbocycles. The first kappa shape index (κ1) is 18.4. The third-order valence-electron chi connectivity index (χ3n) is 3.63. The van der Waals surface area contributed by atoms with Gasteiger partial charge in [-0.15, -0.1) is 0 Å². The lowest BCUT2D eigenvalue weighted by molar-refractivity contribution is -0.118. The minimum Gasteiger partial charge on any atom is -0.441 e. The molecule has 0 fully saturated rings. The number of carbonyl (C=O) groups excluding carboxylic acids is 1. The average molecular weight is 348 g/mol. The van der Waals surface area contributed by atoms with Crippen LogP contribution in [0.4, 0.5) is 0 Å². The SMILES string of the molecule is CCCCNC(=O)C[S@](=O)Cc1nc(-c2ccc(C)cc2)oc1C. The highest BCUT2D eigenvalue weighted by Crippen LogP contribution is 2.22. The van der Waals surface area contributed by atoms with Gasteiger partial charge >= 0.3 is 0 Å². The maximum Gasteiger partial charge on any atom is 0.232 e. The monoisotopic (exact) mass is 348 g/mol. The molecule has 24 heavy (non-hydrogen) atoms. The summed E-state index contributed by atoms with van der Waals surface area (Å²) in [4.78, 5) is 16.2. The molecule has 1 atom stereocenters. The van der Waals surface area contributed by atoms with E-state index in [1.165, 1.54) is 0 Å². The number of rotatable bonds is 8. The van der Waals surface area contributed by atoms with Crippen molar-refractivity contribution in [3.8, 4) is 11.5 Å². The molecule has 1 amide bonds. The third kappa shape index (κ3) is 5.30. The van der Waals surface area contributed by atoms with E-state index in [1.807, 2.05) is 31.2 Å². The van der Waals surface area contributed by atoms with Crippen molar-refractivity contribution < 1.29 is 13.4 Å². The molecule has 0 aliphatic heterocycles. The molecule has 0 aliphatic rings. The van der Waals surface area contributed by atoms with Crippen LogP contribution >= 0.6 is 0 Å². The Morgan fingerprint density at radius 2 is 1.96 bits per heavy atom. The Morgan fingerprint density at radius 3 is 2.62 bits per heavy atom. The largest absolute Gasteiger partial charge is 0.441 e. The van der Waals surface area contributed by atoms with Crippen molar-refractivity contribution in [2.24, 2.45) is 0 Å². The van der Waals surface area contributed by atoms with Crippen LogP contribution in [-0.2, 0) is 21.3 Å². The zero-order valence-corrected chi connectivity index (χ0v) is 15.2. The molecule has 1 aromatic carbocycles. The number of amides is 1. The molecule has 1 heterocycles. The van der Waals surface area contributed by atoms with E-state index in [0.717, 1.165) is 24.0 Å². The van der Waals surface area contributed by atoms with Crippen LogP contribution in [0.5, 0.6) is 0 Å². The van der Waals surface area contributed by atoms with Crippen molar-refractivity contribution >= 4 is 16.7 Å². The second-order valence-electron chi connectivity index (χ2n) is 5.82. The fourth-order valence-corrected chi connectivity index (χ4v) is 3.26. The molecule has 0 spiro atoms. The lowest BCUT2D eigenvalue weighted by atomic mass is 10.1. The standard InChI is InChI=1S/C18H24N2O3S/c1-4-5-10-19-17(21)12-24(22)11-16-14(3)23-18(20-16)15-8-6-13(2)7-9-15/h6-9H,4-5,10-12H2,1-3H3,(H,19,21)/t24-/m1/s1. The molecule has 1 N–H and O–H groups in total. The van der Waals surface area contributed by atoms with Crippen LogP contribution in [-0.4, -0.2) is 27.4 Å². The molecule has 2 rings (SSSR count). The fourth-order valence-electron chi connectivity index (χ4n) is 2.19. The lowest BCUT2D eigenvalue weighted by Crippen LogP contribution is -2.29. The molecule has 2 aromatic rings. The minimum atomic E-state index is -1.30. The van der Waals surface area contributed by atoms with Crippen molar-refractivity contribution in [1.29, 1.82) is 0 Å². The van der Waals surface area contributed by atoms with Gasteiger partial charge in [-0.3, -0.25) is 9.00 Å². The van der Waals surface area contributed by atoms with Gasteiger partial charge in [-0.05, 0) is 32.4 Å². The summed E-state index contributed by atoms with van der Waals surface area (Å²) < 4.78 is 17.8. The first-order valence-corrected chi connectivity index (χ1v) is 9.63. The number of oxazole rings is 1. The van der Waals surface area contributed by atoms with Gasteiger partial charge in [0.1, 0.15) is 11.5 Å². The smallest absolute Gasteiger partial charge is 0.232 e. The van der Waals surface area contributed by atoms with Crippen LogP contribution in [0.15, 0.2) is 28.7 Å². The van der Waals surface area contributed by atoms with Crippen molar-refractivity contribution in [1.82, 2.24) is 10.3 Å². The van der Waals surface area contributed by atoms with Gasteiger partial charge in [0.2, 0.25) is 11.8 Å². The second-order valence-corrected chi connectivity index (χ2v) is 7.28. The van der Waals surface area contributed by atoms with Crippen LogP contribution < -0.4 is 5.32 Å². The van der Waals surface area contributed by atoms with Crippen LogP contribution in [0.3, 0.4) is 0 Å². The van der Waals surface area contributed by atoms with E-state index in [1.54, 1.807) is 6.92 Å². The molecule has 0 bridgehead atoms. The van der Waals surface area contributed by atoms with Gasteiger partial charge in [0.25, 0.3) is 0 Å². The van der Waals surface area contributed by atoms with Crippen molar-refractivity contribution in [2.75, 3.05) is 12.3 Å². The molecular formula is C18H24N2O3S. The van der Waals surface area contributed by atoms with Gasteiger partial charge in [0.15, 0.2) is 0 Å². The average Bonchev–Trinajstić information content (AvgIpc) is 2.89. The highest BCUT2D eigenvalue weighted by Gasteiger charge is 2.15. The maximum absolute atomic E-state index is 12.2. The van der Waals surface area contributed by atoms with E-state index in [2.05, 4.69) is 17.2 Å². The maximum atomic E-state index is 12.2. The van der Waals surface area contributed by atoms with E-state index in [4.69, 9.17) is 4.42 Å². The van der Waals surface area contributed by atoms with Gasteiger partial charge in [-0.2, -0.15) is 0 Å². The molecule has 130 valence electrons. The van der Waals surface area contributed by atoms with E-state index < -0.39 is 10.8 Å². The Kier molecular flexibility index (Phi) is 6.73. The summed E-state index contributed by atoms with van der Waals surface area (Å²) in [6.07, 6.45) is 1.95. The zero-order chi connectivity index (χ0) is 17.5. The predicted molar refractivity (Wildman–Crippen MR) is 96.0 cm³/mol. The summed E-state index contributed by atoms with van der Waals surface area (Å²) >= 11 is 0. The summed E-state index contributed by atoms with van der Waals surface area (Å²) in [7, 11) is -1.30. The second kappa shape index (κ2) is 8.78. The van der Waals surface area contributed by atoms with Crippen molar-refractivity contribution in [2.45, 2.75) is 39.4 Å². The molecule has 0 saturated heterocycles. The number of carbonyl (C=O) groups is 1. The van der Waals surface area contributed by atoms with Gasteiger partial charge < -0.3 is 9.73 Å². The summed E-state index contributed by atoms with van der Waals surface area (Å²) in [5.41, 5.74) is 2.70. The van der Waals surface area contributed by atoms with E-state index >= 15 is 0 Å². The normalized spacial score (nSPS) is 12.1. The molecule has 5 nitrogen and oxygen atoms in total. The number of hydrogen-bond donors (Lipinski definition) is 1. The Balaban J connectivity index is 1.96. The number of hydrogen-bond acceptors (Lipinski definition) is 4. The van der Waals surface area contributed by atoms with Crippen LogP contribution in [0.1, 0.15) is 36.8 Å². The number of unbranched alkanes of at least 4 members (excludes halogenated alkanes) is 1. The van der Waals surface area contributed by atoms with Gasteiger partial charge in [-0.1, -0.05) is 31.0 Å². The highest BCUT2D eigenvalue weighted by atomic mass is 32.2. The number of aryl methyl sites for hydroxylation is 2. The predicted octanol–water partition coefficient (Wildman–Crippen LogP) is 3.12. The zero-order valence-electron chi connectivity index (χ0n) is 14.4. The topological polar surface area (TPSA) is 72.2 Å². The molecule has 0 saturated carbocycles. The number of aromatic nitrogens is 1. The first-order chi connectivity index (χ1) is 11.5. The van der Waals surface area contributed by atoms with Crippen LogP contribution in [0.25, 0.3) is 11.5 Å². The molecule has 6 heteroatoms. The molecule has 0 radical (unpaired) electrons. The number of benzene rings is 1. The molecular weight excluding hydrogens is 324 g/mol. The van der Waals surface area contributed by atoms with Crippen molar-refractivity contribution in [3.63, 3.8) is 0 Å². The lowest BCUT2D eigenvalue weighted by Gasteiger charge is -2.03. The number of nitrogens with one attached hydrogen (secondary N) is 1. The molecule has 1 aromatic heterocycles. The Labute approximate surface area is 145 Å². The Bertz CT molecular complexity index is 708. The van der Waals surface area contributed by atoms with Crippen LogP contribution in [0, 0.1) is 13.8 Å². The number of nitrogens with zero attached hydrogens (tertiary/aromatic N) is 1. The van der Waals surface area contributed by atoms with Gasteiger partial charge in [0.05, 0.1) is 11.4 Å². The third-order valence-corrected chi connectivity index (χ3v) is 4.81. The fraction of sp³-hybridized carbons (Fsp3) is 0.444. The molecule has 0 unspecified atom stereocenters. The summed E-state index contributed by atoms with van der Waals surface area (Å²) in [5.74, 6) is 1.21. The summed E-state index contributed by atoms with van der Waals surface area (Å²) in [6, 6.07) is 7.88. The van der Waals surface area contributed by atoms with E-state index in [-0.39, 0.29) is 17.4 Å². The Hall–Kier alpha value is -1.95. The Morgan fingerprint density at radius 1 is 1.25 bits per heavy atom. The minimum absolute atomic E-state index is 0.00409. The van der Waals surface area contributed by atoms with Gasteiger partial charge in [0, 0.05) is 22.9 Å². The van der Waals surface area contributed by atoms with Crippen molar-refractivity contribution in [3.05, 3.63) is 41.3 Å². The van der Waals surface area contributed by atoms with Crippen LogP contribution in [0.2, 0.25) is 0 Å². The summed E-state index contributed by atoms with van der Waals surface area (Å²) in [5, 5.41) is 2.78.